The Bertz CT molecular complexity index is 600. The van der Waals surface area contributed by atoms with Gasteiger partial charge in [-0.05, 0) is 19.8 Å². The van der Waals surface area contributed by atoms with Crippen molar-refractivity contribution in [3.8, 4) is 6.07 Å². The molecule has 0 aliphatic carbocycles. The second kappa shape index (κ2) is 6.08. The van der Waals surface area contributed by atoms with Gasteiger partial charge in [-0.15, -0.1) is 0 Å². The number of aryl methyl sites for hydroxylation is 1. The van der Waals surface area contributed by atoms with E-state index in [2.05, 4.69) is 4.98 Å². The smallest absolute Gasteiger partial charge is 0.318 e. The van der Waals surface area contributed by atoms with Gasteiger partial charge in [0.15, 0.2) is 0 Å². The number of aromatic nitrogens is 2. The molecule has 0 saturated heterocycles. The van der Waals surface area contributed by atoms with Crippen molar-refractivity contribution in [1.29, 1.82) is 5.26 Å². The van der Waals surface area contributed by atoms with E-state index in [1.54, 1.807) is 13.1 Å². The summed E-state index contributed by atoms with van der Waals surface area (Å²) in [5.41, 5.74) is -0.480. The van der Waals surface area contributed by atoms with E-state index in [0.717, 1.165) is 6.42 Å². The van der Waals surface area contributed by atoms with Crippen LogP contribution in [0.15, 0.2) is 6.20 Å². The first-order valence-electron chi connectivity index (χ1n) is 7.25. The third kappa shape index (κ3) is 2.44. The molecule has 1 aliphatic heterocycles. The number of carbonyl (C=O) groups is 2. The van der Waals surface area contributed by atoms with Crippen molar-refractivity contribution in [1.82, 2.24) is 9.55 Å². The van der Waals surface area contributed by atoms with Crippen LogP contribution in [-0.4, -0.2) is 28.0 Å². The Morgan fingerprint density at radius 1 is 1.57 bits per heavy atom. The lowest BCUT2D eigenvalue weighted by Crippen LogP contribution is -2.36. The van der Waals surface area contributed by atoms with Crippen LogP contribution in [-0.2, 0) is 21.4 Å². The van der Waals surface area contributed by atoms with Gasteiger partial charge in [0.1, 0.15) is 11.2 Å². The van der Waals surface area contributed by atoms with Crippen LogP contribution in [0.1, 0.15) is 55.8 Å². The van der Waals surface area contributed by atoms with Gasteiger partial charge < -0.3 is 4.74 Å². The molecule has 2 rings (SSSR count). The summed E-state index contributed by atoms with van der Waals surface area (Å²) in [5.74, 6) is 0.105. The van der Waals surface area contributed by atoms with Crippen molar-refractivity contribution in [3.63, 3.8) is 0 Å². The van der Waals surface area contributed by atoms with Gasteiger partial charge in [0.05, 0.1) is 24.6 Å². The molecule has 0 aromatic carbocycles. The number of nitrogens with zero attached hydrogens (tertiary/aromatic N) is 3. The normalized spacial score (nSPS) is 20.1. The molecular weight excluding hydrogens is 270 g/mol. The largest absolute Gasteiger partial charge is 0.465 e. The number of fused-ring (bicyclic) bond motifs is 1. The number of imidazole rings is 1. The summed E-state index contributed by atoms with van der Waals surface area (Å²) in [7, 11) is 0. The molecule has 1 aromatic heterocycles. The van der Waals surface area contributed by atoms with Crippen LogP contribution in [0.3, 0.4) is 0 Å². The van der Waals surface area contributed by atoms with Gasteiger partial charge in [-0.25, -0.2) is 4.98 Å². The van der Waals surface area contributed by atoms with E-state index in [1.165, 1.54) is 4.57 Å². The fraction of sp³-hybridized carbons (Fsp3) is 0.600. The van der Waals surface area contributed by atoms with Gasteiger partial charge in [0, 0.05) is 19.3 Å². The molecule has 0 amide bonds. The van der Waals surface area contributed by atoms with Gasteiger partial charge in [-0.3, -0.25) is 14.2 Å². The maximum atomic E-state index is 12.4. The maximum Gasteiger partial charge on any atom is 0.318 e. The number of rotatable bonds is 6. The highest BCUT2D eigenvalue weighted by Crippen LogP contribution is 2.41. The molecule has 1 aliphatic rings. The van der Waals surface area contributed by atoms with Crippen LogP contribution in [0, 0.1) is 11.3 Å². The lowest BCUT2D eigenvalue weighted by molar-refractivity contribution is -0.150. The summed E-state index contributed by atoms with van der Waals surface area (Å²) in [6.07, 6.45) is 3.68. The summed E-state index contributed by atoms with van der Waals surface area (Å²) in [5, 5.41) is 8.85. The van der Waals surface area contributed by atoms with Crippen molar-refractivity contribution >= 4 is 11.9 Å². The third-order valence-corrected chi connectivity index (χ3v) is 3.83. The Hall–Kier alpha value is -2.16. The van der Waals surface area contributed by atoms with Crippen LogP contribution in [0.5, 0.6) is 0 Å². The Morgan fingerprint density at radius 2 is 2.33 bits per heavy atom. The Balaban J connectivity index is 2.47. The second-order valence-electron chi connectivity index (χ2n) is 5.18. The van der Waals surface area contributed by atoms with Gasteiger partial charge in [-0.1, -0.05) is 6.92 Å². The van der Waals surface area contributed by atoms with Crippen LogP contribution in [0.25, 0.3) is 0 Å². The highest BCUT2D eigenvalue weighted by atomic mass is 16.5. The molecule has 21 heavy (non-hydrogen) atoms. The molecule has 0 bridgehead atoms. The molecule has 1 atom stereocenters. The van der Waals surface area contributed by atoms with Gasteiger partial charge >= 0.3 is 5.97 Å². The molecule has 112 valence electrons. The Labute approximate surface area is 123 Å². The Kier molecular flexibility index (Phi) is 4.41. The summed E-state index contributed by atoms with van der Waals surface area (Å²) in [4.78, 5) is 29.0. The zero-order valence-corrected chi connectivity index (χ0v) is 12.4. The number of esters is 1. The fourth-order valence-electron chi connectivity index (χ4n) is 2.87. The van der Waals surface area contributed by atoms with Crippen LogP contribution in [0.4, 0.5) is 0 Å². The average Bonchev–Trinajstić information content (AvgIpc) is 2.99. The van der Waals surface area contributed by atoms with Gasteiger partial charge in [0.25, 0.3) is 0 Å². The molecule has 1 unspecified atom stereocenters. The van der Waals surface area contributed by atoms with E-state index < -0.39 is 11.4 Å². The zero-order chi connectivity index (χ0) is 15.5. The molecule has 0 fully saturated rings. The van der Waals surface area contributed by atoms with Crippen molar-refractivity contribution < 1.29 is 14.3 Å². The number of nitriles is 1. The third-order valence-electron chi connectivity index (χ3n) is 3.83. The SMILES string of the molecule is CCCc1ncc2n1C(=O)CC2(CCC#N)C(=O)OCC. The monoisotopic (exact) mass is 289 g/mol. The summed E-state index contributed by atoms with van der Waals surface area (Å²) >= 11 is 0. The molecule has 0 N–H and O–H groups in total. The maximum absolute atomic E-state index is 12.4. The van der Waals surface area contributed by atoms with E-state index in [9.17, 15) is 9.59 Å². The summed E-state index contributed by atoms with van der Waals surface area (Å²) < 4.78 is 6.70. The number of hydrogen-bond donors (Lipinski definition) is 0. The number of ether oxygens (including phenoxy) is 1. The van der Waals surface area contributed by atoms with E-state index in [1.807, 2.05) is 13.0 Å². The van der Waals surface area contributed by atoms with Crippen LogP contribution >= 0.6 is 0 Å². The first kappa shape index (κ1) is 15.2. The number of carbonyl (C=O) groups excluding carboxylic acids is 2. The van der Waals surface area contributed by atoms with Crippen molar-refractivity contribution in [2.24, 2.45) is 0 Å². The van der Waals surface area contributed by atoms with E-state index in [-0.39, 0.29) is 31.8 Å². The molecule has 2 heterocycles. The highest BCUT2D eigenvalue weighted by Gasteiger charge is 2.51. The van der Waals surface area contributed by atoms with Crippen molar-refractivity contribution in [3.05, 3.63) is 17.7 Å². The highest BCUT2D eigenvalue weighted by molar-refractivity contribution is 5.96. The predicted molar refractivity (Wildman–Crippen MR) is 74.6 cm³/mol. The molecule has 6 heteroatoms. The van der Waals surface area contributed by atoms with Crippen molar-refractivity contribution in [2.45, 2.75) is 51.4 Å². The average molecular weight is 289 g/mol. The lowest BCUT2D eigenvalue weighted by atomic mass is 9.79. The summed E-state index contributed by atoms with van der Waals surface area (Å²) in [6.45, 7) is 3.99. The molecule has 1 aromatic rings. The molecule has 0 radical (unpaired) electrons. The quantitative estimate of drug-likeness (QED) is 0.747. The minimum atomic E-state index is -1.05. The Morgan fingerprint density at radius 3 is 2.95 bits per heavy atom. The van der Waals surface area contributed by atoms with Crippen LogP contribution < -0.4 is 0 Å². The topological polar surface area (TPSA) is 85.0 Å². The van der Waals surface area contributed by atoms with Gasteiger partial charge in [-0.2, -0.15) is 5.26 Å². The first-order valence-corrected chi connectivity index (χ1v) is 7.25. The first-order chi connectivity index (χ1) is 10.1. The standard InChI is InChI=1S/C15H19N3O3/c1-3-6-12-17-10-11-15(7-5-8-16,14(20)21-4-2)9-13(19)18(11)12/h10H,3-7,9H2,1-2H3. The van der Waals surface area contributed by atoms with Crippen LogP contribution in [0.2, 0.25) is 0 Å². The molecule has 0 saturated carbocycles. The minimum absolute atomic E-state index is 0.0576. The van der Waals surface area contributed by atoms with Gasteiger partial charge in [0.2, 0.25) is 5.91 Å². The fourth-order valence-corrected chi connectivity index (χ4v) is 2.87. The summed E-state index contributed by atoms with van der Waals surface area (Å²) in [6, 6.07) is 2.05. The van der Waals surface area contributed by atoms with E-state index in [4.69, 9.17) is 10.00 Å². The zero-order valence-electron chi connectivity index (χ0n) is 12.4. The minimum Gasteiger partial charge on any atom is -0.465 e. The molecular formula is C15H19N3O3. The molecule has 0 spiro atoms. The molecule has 6 nitrogen and oxygen atoms in total. The van der Waals surface area contributed by atoms with E-state index >= 15 is 0 Å². The predicted octanol–water partition coefficient (Wildman–Crippen LogP) is 1.98. The lowest BCUT2D eigenvalue weighted by Gasteiger charge is -2.24. The number of hydrogen-bond acceptors (Lipinski definition) is 5. The second-order valence-corrected chi connectivity index (χ2v) is 5.18. The van der Waals surface area contributed by atoms with E-state index in [0.29, 0.717) is 17.9 Å². The van der Waals surface area contributed by atoms with Crippen molar-refractivity contribution in [2.75, 3.05) is 6.61 Å².